The van der Waals surface area contributed by atoms with Gasteiger partial charge in [-0.1, -0.05) is 20.3 Å². The van der Waals surface area contributed by atoms with Crippen molar-refractivity contribution in [1.82, 2.24) is 4.90 Å². The van der Waals surface area contributed by atoms with Gasteiger partial charge in [0.2, 0.25) is 0 Å². The topological polar surface area (TPSA) is 29.3 Å². The van der Waals surface area contributed by atoms with Gasteiger partial charge in [0.15, 0.2) is 0 Å². The van der Waals surface area contributed by atoms with E-state index in [0.29, 0.717) is 0 Å². The molecule has 1 saturated carbocycles. The van der Waals surface area contributed by atoms with Gasteiger partial charge < -0.3 is 10.6 Å². The summed E-state index contributed by atoms with van der Waals surface area (Å²) in [4.78, 5) is 2.72. The molecular formula is C14H30N2. The number of rotatable bonds is 10. The first kappa shape index (κ1) is 14.0. The zero-order valence-corrected chi connectivity index (χ0v) is 11.3. The molecule has 0 spiro atoms. The first-order chi connectivity index (χ1) is 7.77. The van der Waals surface area contributed by atoms with Crippen molar-refractivity contribution in [3.05, 3.63) is 0 Å². The summed E-state index contributed by atoms with van der Waals surface area (Å²) in [5.74, 6) is 0.817. The molecule has 1 unspecified atom stereocenters. The molecule has 0 amide bonds. The third-order valence-electron chi connectivity index (χ3n) is 3.66. The third kappa shape index (κ3) is 5.86. The molecule has 0 aromatic heterocycles. The highest BCUT2D eigenvalue weighted by Gasteiger charge is 2.27. The molecule has 2 N–H and O–H groups in total. The minimum absolute atomic E-state index is 0.817. The van der Waals surface area contributed by atoms with Crippen LogP contribution in [0.25, 0.3) is 0 Å². The van der Waals surface area contributed by atoms with Crippen molar-refractivity contribution in [2.45, 2.75) is 64.8 Å². The van der Waals surface area contributed by atoms with E-state index in [2.05, 4.69) is 18.7 Å². The van der Waals surface area contributed by atoms with Crippen LogP contribution < -0.4 is 5.73 Å². The number of hydrogen-bond donors (Lipinski definition) is 1. The summed E-state index contributed by atoms with van der Waals surface area (Å²) in [6, 6.07) is 0.941. The van der Waals surface area contributed by atoms with Crippen molar-refractivity contribution in [3.8, 4) is 0 Å². The average molecular weight is 226 g/mol. The van der Waals surface area contributed by atoms with Crippen LogP contribution in [0.3, 0.4) is 0 Å². The summed E-state index contributed by atoms with van der Waals surface area (Å²) in [6.07, 6.45) is 9.50. The van der Waals surface area contributed by atoms with Crippen molar-refractivity contribution in [3.63, 3.8) is 0 Å². The number of unbranched alkanes of at least 4 members (excludes halogenated alkanes) is 1. The van der Waals surface area contributed by atoms with E-state index in [0.717, 1.165) is 18.5 Å². The summed E-state index contributed by atoms with van der Waals surface area (Å²) in [5.41, 5.74) is 5.57. The molecule has 0 heterocycles. The summed E-state index contributed by atoms with van der Waals surface area (Å²) < 4.78 is 0. The Morgan fingerprint density at radius 1 is 1.19 bits per heavy atom. The van der Waals surface area contributed by atoms with Gasteiger partial charge in [0.25, 0.3) is 0 Å². The number of nitrogens with zero attached hydrogens (tertiary/aromatic N) is 1. The lowest BCUT2D eigenvalue weighted by molar-refractivity contribution is 0.247. The van der Waals surface area contributed by atoms with Crippen molar-refractivity contribution >= 4 is 0 Å². The molecule has 96 valence electrons. The van der Waals surface area contributed by atoms with Crippen LogP contribution in [0.4, 0.5) is 0 Å². The molecule has 0 aromatic carbocycles. The highest BCUT2D eigenvalue weighted by molar-refractivity contribution is 4.84. The molecule has 0 bridgehead atoms. The standard InChI is InChI=1S/C14H30N2/c1-3-4-11-16(14-7-8-14)12-5-6-13(2)9-10-15/h13-14H,3-12,15H2,1-2H3. The van der Waals surface area contributed by atoms with Gasteiger partial charge in [-0.2, -0.15) is 0 Å². The number of hydrogen-bond acceptors (Lipinski definition) is 2. The van der Waals surface area contributed by atoms with Crippen molar-refractivity contribution < 1.29 is 0 Å². The van der Waals surface area contributed by atoms with Gasteiger partial charge in [-0.15, -0.1) is 0 Å². The summed E-state index contributed by atoms with van der Waals surface area (Å²) in [7, 11) is 0. The van der Waals surface area contributed by atoms with Crippen LogP contribution in [0.1, 0.15) is 58.8 Å². The Labute approximate surface area is 102 Å². The molecule has 0 aliphatic heterocycles. The minimum atomic E-state index is 0.817. The van der Waals surface area contributed by atoms with E-state index in [1.165, 1.54) is 58.0 Å². The SMILES string of the molecule is CCCCN(CCCC(C)CCN)C1CC1. The second-order valence-corrected chi connectivity index (χ2v) is 5.45. The Morgan fingerprint density at radius 3 is 2.44 bits per heavy atom. The lowest BCUT2D eigenvalue weighted by Gasteiger charge is -2.22. The molecule has 1 aliphatic carbocycles. The van der Waals surface area contributed by atoms with E-state index in [9.17, 15) is 0 Å². The highest BCUT2D eigenvalue weighted by Crippen LogP contribution is 2.27. The fourth-order valence-electron chi connectivity index (χ4n) is 2.35. The van der Waals surface area contributed by atoms with Gasteiger partial charge in [-0.3, -0.25) is 0 Å². The zero-order valence-electron chi connectivity index (χ0n) is 11.3. The lowest BCUT2D eigenvalue weighted by Crippen LogP contribution is -2.28. The van der Waals surface area contributed by atoms with Crippen LogP contribution in [-0.2, 0) is 0 Å². The zero-order chi connectivity index (χ0) is 11.8. The fraction of sp³-hybridized carbons (Fsp3) is 1.00. The largest absolute Gasteiger partial charge is 0.330 e. The summed E-state index contributed by atoms with van der Waals surface area (Å²) in [6.45, 7) is 8.12. The van der Waals surface area contributed by atoms with Crippen LogP contribution in [0.2, 0.25) is 0 Å². The van der Waals surface area contributed by atoms with Crippen LogP contribution >= 0.6 is 0 Å². The third-order valence-corrected chi connectivity index (χ3v) is 3.66. The molecule has 2 heteroatoms. The monoisotopic (exact) mass is 226 g/mol. The Kier molecular flexibility index (Phi) is 7.06. The predicted octanol–water partition coefficient (Wildman–Crippen LogP) is 3.02. The van der Waals surface area contributed by atoms with E-state index in [-0.39, 0.29) is 0 Å². The molecule has 1 atom stereocenters. The van der Waals surface area contributed by atoms with Crippen molar-refractivity contribution in [1.29, 1.82) is 0 Å². The summed E-state index contributed by atoms with van der Waals surface area (Å²) >= 11 is 0. The highest BCUT2D eigenvalue weighted by atomic mass is 15.2. The van der Waals surface area contributed by atoms with E-state index in [1.807, 2.05) is 0 Å². The van der Waals surface area contributed by atoms with E-state index >= 15 is 0 Å². The summed E-state index contributed by atoms with van der Waals surface area (Å²) in [5, 5.41) is 0. The first-order valence-corrected chi connectivity index (χ1v) is 7.22. The molecule has 0 aromatic rings. The van der Waals surface area contributed by atoms with Crippen LogP contribution in [0.15, 0.2) is 0 Å². The van der Waals surface area contributed by atoms with Gasteiger partial charge in [-0.05, 0) is 64.1 Å². The lowest BCUT2D eigenvalue weighted by atomic mass is 10.0. The maximum atomic E-state index is 5.57. The normalized spacial score (nSPS) is 18.0. The molecule has 2 nitrogen and oxygen atoms in total. The fourth-order valence-corrected chi connectivity index (χ4v) is 2.35. The van der Waals surface area contributed by atoms with Crippen LogP contribution in [0.5, 0.6) is 0 Å². The smallest absolute Gasteiger partial charge is 0.00964 e. The molecule has 0 saturated heterocycles. The van der Waals surface area contributed by atoms with Crippen LogP contribution in [0, 0.1) is 5.92 Å². The quantitative estimate of drug-likeness (QED) is 0.620. The van der Waals surface area contributed by atoms with Crippen LogP contribution in [-0.4, -0.2) is 30.6 Å². The van der Waals surface area contributed by atoms with E-state index in [1.54, 1.807) is 0 Å². The van der Waals surface area contributed by atoms with Gasteiger partial charge >= 0.3 is 0 Å². The predicted molar refractivity (Wildman–Crippen MR) is 71.6 cm³/mol. The molecule has 1 aliphatic rings. The molecular weight excluding hydrogens is 196 g/mol. The molecule has 16 heavy (non-hydrogen) atoms. The van der Waals surface area contributed by atoms with Gasteiger partial charge in [0.05, 0.1) is 0 Å². The van der Waals surface area contributed by atoms with Gasteiger partial charge in [-0.25, -0.2) is 0 Å². The number of nitrogens with two attached hydrogens (primary N) is 1. The Bertz CT molecular complexity index is 166. The minimum Gasteiger partial charge on any atom is -0.330 e. The second-order valence-electron chi connectivity index (χ2n) is 5.45. The van der Waals surface area contributed by atoms with Gasteiger partial charge in [0, 0.05) is 6.04 Å². The average Bonchev–Trinajstić information content (AvgIpc) is 3.07. The molecule has 1 rings (SSSR count). The van der Waals surface area contributed by atoms with E-state index < -0.39 is 0 Å². The van der Waals surface area contributed by atoms with Gasteiger partial charge in [0.1, 0.15) is 0 Å². The maximum Gasteiger partial charge on any atom is 0.00964 e. The molecule has 1 fully saturated rings. The Balaban J connectivity index is 2.07. The maximum absolute atomic E-state index is 5.57. The Morgan fingerprint density at radius 2 is 1.88 bits per heavy atom. The second kappa shape index (κ2) is 8.08. The van der Waals surface area contributed by atoms with E-state index in [4.69, 9.17) is 5.73 Å². The Hall–Kier alpha value is -0.0800. The van der Waals surface area contributed by atoms with Crippen molar-refractivity contribution in [2.24, 2.45) is 11.7 Å². The van der Waals surface area contributed by atoms with Crippen molar-refractivity contribution in [2.75, 3.05) is 19.6 Å². The molecule has 0 radical (unpaired) electrons. The first-order valence-electron chi connectivity index (χ1n) is 7.22.